The Kier molecular flexibility index (Phi) is 7.92. The Labute approximate surface area is 81.9 Å². The highest BCUT2D eigenvalue weighted by molar-refractivity contribution is 5.74. The van der Waals surface area contributed by atoms with Crippen molar-refractivity contribution < 1.29 is 4.79 Å². The summed E-state index contributed by atoms with van der Waals surface area (Å²) in [4.78, 5) is 10.6. The molecule has 0 aliphatic carbocycles. The molecule has 0 aromatic rings. The van der Waals surface area contributed by atoms with Gasteiger partial charge in [0, 0.05) is 12.5 Å². The van der Waals surface area contributed by atoms with Crippen molar-refractivity contribution in [3.63, 3.8) is 0 Å². The maximum Gasteiger partial charge on any atom is 0.218 e. The van der Waals surface area contributed by atoms with E-state index in [1.165, 1.54) is 0 Å². The maximum absolute atomic E-state index is 10.6. The van der Waals surface area contributed by atoms with Crippen LogP contribution in [0.15, 0.2) is 0 Å². The summed E-state index contributed by atoms with van der Waals surface area (Å²) in [6, 6.07) is 0.0509. The number of hydrogen-bond acceptors (Lipinski definition) is 2. The minimum absolute atomic E-state index is 0.0509. The summed E-state index contributed by atoms with van der Waals surface area (Å²) in [6.07, 6.45) is 1.24. The van der Waals surface area contributed by atoms with Gasteiger partial charge in [-0.1, -0.05) is 34.6 Å². The number of amides is 1. The first-order valence-electron chi connectivity index (χ1n) is 4.94. The van der Waals surface area contributed by atoms with Gasteiger partial charge >= 0.3 is 0 Å². The zero-order chi connectivity index (χ0) is 11.1. The van der Waals surface area contributed by atoms with E-state index in [0.29, 0.717) is 6.42 Å². The molecule has 0 spiro atoms. The first kappa shape index (κ1) is 14.9. The zero-order valence-electron chi connectivity index (χ0n) is 9.55. The molecule has 1 unspecified atom stereocenters. The molecule has 1 amide bonds. The quantitative estimate of drug-likeness (QED) is 0.704. The first-order chi connectivity index (χ1) is 5.90. The molecule has 0 saturated heterocycles. The van der Waals surface area contributed by atoms with Gasteiger partial charge in [0.2, 0.25) is 5.91 Å². The fourth-order valence-electron chi connectivity index (χ4n) is 1.13. The van der Waals surface area contributed by atoms with Crippen molar-refractivity contribution in [3.8, 4) is 0 Å². The molecule has 1 atom stereocenters. The van der Waals surface area contributed by atoms with Crippen LogP contribution in [0.3, 0.4) is 0 Å². The van der Waals surface area contributed by atoms with Crippen LogP contribution in [0.25, 0.3) is 0 Å². The minimum Gasteiger partial charge on any atom is -0.370 e. The smallest absolute Gasteiger partial charge is 0.218 e. The molecular formula is C10H24N2O. The van der Waals surface area contributed by atoms with Gasteiger partial charge in [-0.25, -0.2) is 0 Å². The number of nitrogens with two attached hydrogens (primary N) is 2. The number of carbonyl (C=O) groups is 1. The van der Waals surface area contributed by atoms with Gasteiger partial charge in [-0.05, 0) is 11.8 Å². The van der Waals surface area contributed by atoms with E-state index in [-0.39, 0.29) is 17.4 Å². The van der Waals surface area contributed by atoms with Crippen molar-refractivity contribution in [2.75, 3.05) is 0 Å². The van der Waals surface area contributed by atoms with E-state index in [1.54, 1.807) is 0 Å². The predicted octanol–water partition coefficient (Wildman–Crippen LogP) is 1.65. The highest BCUT2D eigenvalue weighted by atomic mass is 16.1. The lowest BCUT2D eigenvalue weighted by Gasteiger charge is -2.29. The van der Waals surface area contributed by atoms with Crippen LogP contribution >= 0.6 is 0 Å². The van der Waals surface area contributed by atoms with Crippen LogP contribution in [-0.4, -0.2) is 11.9 Å². The van der Waals surface area contributed by atoms with Crippen molar-refractivity contribution in [3.05, 3.63) is 0 Å². The van der Waals surface area contributed by atoms with Crippen LogP contribution in [0.4, 0.5) is 0 Å². The van der Waals surface area contributed by atoms with Gasteiger partial charge in [0.15, 0.2) is 0 Å². The van der Waals surface area contributed by atoms with Crippen LogP contribution in [-0.2, 0) is 4.79 Å². The van der Waals surface area contributed by atoms with Gasteiger partial charge in [-0.2, -0.15) is 0 Å². The average Bonchev–Trinajstić information content (AvgIpc) is 2.04. The lowest BCUT2D eigenvalue weighted by Crippen LogP contribution is -2.39. The lowest BCUT2D eigenvalue weighted by molar-refractivity contribution is -0.120. The monoisotopic (exact) mass is 188 g/mol. The molecule has 3 heteroatoms. The van der Waals surface area contributed by atoms with Crippen LogP contribution < -0.4 is 11.5 Å². The summed E-state index contributed by atoms with van der Waals surface area (Å²) in [6.45, 7) is 9.94. The molecular weight excluding hydrogens is 164 g/mol. The van der Waals surface area contributed by atoms with Gasteiger partial charge in [-0.3, -0.25) is 4.79 Å². The molecule has 3 nitrogen and oxygen atoms in total. The van der Waals surface area contributed by atoms with E-state index in [1.807, 2.05) is 34.6 Å². The summed E-state index contributed by atoms with van der Waals surface area (Å²) < 4.78 is 0. The van der Waals surface area contributed by atoms with Gasteiger partial charge in [-0.15, -0.1) is 0 Å². The second kappa shape index (κ2) is 6.89. The molecule has 0 aliphatic heterocycles. The fraction of sp³-hybridized carbons (Fsp3) is 0.900. The largest absolute Gasteiger partial charge is 0.370 e. The Morgan fingerprint density at radius 1 is 1.38 bits per heavy atom. The number of primary amides is 1. The second-order valence-corrected chi connectivity index (χ2v) is 3.65. The van der Waals surface area contributed by atoms with E-state index in [2.05, 4.69) is 0 Å². The molecule has 0 aliphatic rings. The van der Waals surface area contributed by atoms with E-state index in [0.717, 1.165) is 6.42 Å². The minimum atomic E-state index is -0.279. The highest BCUT2D eigenvalue weighted by Crippen LogP contribution is 2.24. The third-order valence-corrected chi connectivity index (χ3v) is 2.07. The van der Waals surface area contributed by atoms with E-state index < -0.39 is 0 Å². The van der Waals surface area contributed by atoms with Crippen LogP contribution in [0, 0.1) is 5.41 Å². The number of rotatable bonds is 4. The number of carbonyl (C=O) groups excluding carboxylic acids is 1. The van der Waals surface area contributed by atoms with Crippen molar-refractivity contribution in [1.29, 1.82) is 0 Å². The molecule has 4 N–H and O–H groups in total. The molecule has 0 heterocycles. The first-order valence-corrected chi connectivity index (χ1v) is 4.94. The molecule has 80 valence electrons. The highest BCUT2D eigenvalue weighted by Gasteiger charge is 2.26. The Balaban J connectivity index is 0. The molecule has 0 rings (SSSR count). The third kappa shape index (κ3) is 6.58. The van der Waals surface area contributed by atoms with E-state index in [9.17, 15) is 4.79 Å². The maximum atomic E-state index is 10.6. The Hall–Kier alpha value is -0.570. The van der Waals surface area contributed by atoms with E-state index in [4.69, 9.17) is 11.5 Å². The van der Waals surface area contributed by atoms with Crippen LogP contribution in [0.2, 0.25) is 0 Å². The van der Waals surface area contributed by atoms with Crippen LogP contribution in [0.5, 0.6) is 0 Å². The van der Waals surface area contributed by atoms with Gasteiger partial charge in [0.1, 0.15) is 0 Å². The van der Waals surface area contributed by atoms with Gasteiger partial charge in [0.25, 0.3) is 0 Å². The number of hydrogen-bond donors (Lipinski definition) is 2. The lowest BCUT2D eigenvalue weighted by atomic mass is 9.80. The van der Waals surface area contributed by atoms with Crippen LogP contribution in [0.1, 0.15) is 47.5 Å². The van der Waals surface area contributed by atoms with Crippen molar-refractivity contribution in [1.82, 2.24) is 0 Å². The predicted molar refractivity (Wildman–Crippen MR) is 57.2 cm³/mol. The summed E-state index contributed by atoms with van der Waals surface area (Å²) in [7, 11) is 0. The van der Waals surface area contributed by atoms with Gasteiger partial charge in [0.05, 0.1) is 0 Å². The topological polar surface area (TPSA) is 69.1 Å². The average molecular weight is 188 g/mol. The van der Waals surface area contributed by atoms with E-state index >= 15 is 0 Å². The summed E-state index contributed by atoms with van der Waals surface area (Å²) in [5.41, 5.74) is 10.7. The normalized spacial score (nSPS) is 12.8. The third-order valence-electron chi connectivity index (χ3n) is 2.07. The molecule has 0 aromatic carbocycles. The Bertz CT molecular complexity index is 144. The van der Waals surface area contributed by atoms with Crippen molar-refractivity contribution in [2.24, 2.45) is 16.9 Å². The SMILES string of the molecule is CC.CCC(N)C(C)(C)CC(N)=O. The Morgan fingerprint density at radius 2 is 1.77 bits per heavy atom. The molecule has 13 heavy (non-hydrogen) atoms. The molecule has 0 saturated carbocycles. The molecule has 0 radical (unpaired) electrons. The molecule has 0 aromatic heterocycles. The Morgan fingerprint density at radius 3 is 2.00 bits per heavy atom. The standard InChI is InChI=1S/C8H18N2O.C2H6/c1-4-6(9)8(2,3)5-7(10)11;1-2/h6H,4-5,9H2,1-3H3,(H2,10,11);1-2H3. The molecule has 0 fully saturated rings. The van der Waals surface area contributed by atoms with Crippen molar-refractivity contribution in [2.45, 2.75) is 53.5 Å². The summed E-state index contributed by atoms with van der Waals surface area (Å²) in [5.74, 6) is -0.279. The van der Waals surface area contributed by atoms with Gasteiger partial charge < -0.3 is 11.5 Å². The fourth-order valence-corrected chi connectivity index (χ4v) is 1.13. The zero-order valence-corrected chi connectivity index (χ0v) is 9.55. The summed E-state index contributed by atoms with van der Waals surface area (Å²) in [5, 5.41) is 0. The summed E-state index contributed by atoms with van der Waals surface area (Å²) >= 11 is 0. The molecule has 0 bridgehead atoms. The van der Waals surface area contributed by atoms with Crippen molar-refractivity contribution >= 4 is 5.91 Å². The second-order valence-electron chi connectivity index (χ2n) is 3.65.